The van der Waals surface area contributed by atoms with E-state index < -0.39 is 5.97 Å². The molecule has 0 aliphatic carbocycles. The van der Waals surface area contributed by atoms with Crippen LogP contribution in [0.25, 0.3) is 10.8 Å². The van der Waals surface area contributed by atoms with E-state index in [4.69, 9.17) is 16.7 Å². The Labute approximate surface area is 105 Å². The maximum absolute atomic E-state index is 10.9. The van der Waals surface area contributed by atoms with Gasteiger partial charge in [0.05, 0.1) is 5.56 Å². The number of carboxylic acid groups (broad SMARTS) is 1. The van der Waals surface area contributed by atoms with Gasteiger partial charge in [0.15, 0.2) is 0 Å². The van der Waals surface area contributed by atoms with Crippen LogP contribution in [-0.4, -0.2) is 11.1 Å². The molecule has 0 saturated carbocycles. The molecule has 0 atom stereocenters. The first-order valence-corrected chi connectivity index (χ1v) is 4.48. The van der Waals surface area contributed by atoms with Crippen LogP contribution in [0.4, 0.5) is 0 Å². The molecule has 2 aromatic carbocycles. The van der Waals surface area contributed by atoms with Gasteiger partial charge in [-0.2, -0.15) is 0 Å². The molecule has 0 aliphatic rings. The van der Waals surface area contributed by atoms with E-state index in [9.17, 15) is 4.79 Å². The number of carboxylic acids is 1. The second-order valence-electron chi connectivity index (χ2n) is 2.95. The molecule has 1 N–H and O–H groups in total. The number of rotatable bonds is 1. The molecule has 0 aromatic heterocycles. The fourth-order valence-corrected chi connectivity index (χ4v) is 1.76. The average molecular weight is 272 g/mol. The third-order valence-corrected chi connectivity index (χ3v) is 2.40. The summed E-state index contributed by atoms with van der Waals surface area (Å²) < 4.78 is 0. The SMILES string of the molecule is O=C(O)c1cccc2cccc(Cl)c12.[Zn]. The standard InChI is InChI=1S/C11H7ClO2.Zn/c12-9-6-2-4-7-3-1-5-8(10(7)9)11(13)14;/h1-6H,(H,13,14);. The Kier molecular flexibility index (Phi) is 3.84. The summed E-state index contributed by atoms with van der Waals surface area (Å²) in [7, 11) is 0. The Hall–Kier alpha value is -0.917. The van der Waals surface area contributed by atoms with E-state index in [1.54, 1.807) is 24.3 Å². The van der Waals surface area contributed by atoms with Crippen molar-refractivity contribution in [1.29, 1.82) is 0 Å². The Bertz CT molecular complexity index is 506. The molecule has 0 amide bonds. The summed E-state index contributed by atoms with van der Waals surface area (Å²) in [5, 5.41) is 10.9. The van der Waals surface area contributed by atoms with Gasteiger partial charge in [-0.1, -0.05) is 35.9 Å². The summed E-state index contributed by atoms with van der Waals surface area (Å²) in [5.74, 6) is -0.955. The van der Waals surface area contributed by atoms with Crippen LogP contribution in [0, 0.1) is 0 Å². The molecule has 0 aliphatic heterocycles. The van der Waals surface area contributed by atoms with Crippen molar-refractivity contribution in [3.05, 3.63) is 47.0 Å². The van der Waals surface area contributed by atoms with E-state index in [1.807, 2.05) is 12.1 Å². The summed E-state index contributed by atoms with van der Waals surface area (Å²) in [4.78, 5) is 10.9. The van der Waals surface area contributed by atoms with Gasteiger partial charge < -0.3 is 5.11 Å². The van der Waals surface area contributed by atoms with Gasteiger partial charge in [0.25, 0.3) is 0 Å². The quantitative estimate of drug-likeness (QED) is 0.809. The number of halogens is 1. The Morgan fingerprint density at radius 3 is 2.33 bits per heavy atom. The first-order valence-electron chi connectivity index (χ1n) is 4.10. The van der Waals surface area contributed by atoms with E-state index in [1.165, 1.54) is 0 Å². The summed E-state index contributed by atoms with van der Waals surface area (Å²) in [5.41, 5.74) is 0.244. The molecule has 0 heterocycles. The monoisotopic (exact) mass is 270 g/mol. The van der Waals surface area contributed by atoms with Crippen LogP contribution in [0.15, 0.2) is 36.4 Å². The molecule has 15 heavy (non-hydrogen) atoms. The van der Waals surface area contributed by atoms with Crippen molar-refractivity contribution >= 4 is 28.3 Å². The normalized spacial score (nSPS) is 9.67. The summed E-state index contributed by atoms with van der Waals surface area (Å²) >= 11 is 5.94. The van der Waals surface area contributed by atoms with Crippen LogP contribution in [0.1, 0.15) is 10.4 Å². The van der Waals surface area contributed by atoms with E-state index in [-0.39, 0.29) is 25.0 Å². The van der Waals surface area contributed by atoms with Gasteiger partial charge in [0, 0.05) is 29.9 Å². The van der Waals surface area contributed by atoms with Crippen molar-refractivity contribution < 1.29 is 29.4 Å². The van der Waals surface area contributed by atoms with Crippen LogP contribution in [0.5, 0.6) is 0 Å². The van der Waals surface area contributed by atoms with Crippen LogP contribution >= 0.6 is 11.6 Å². The number of fused-ring (bicyclic) bond motifs is 1. The molecule has 0 unspecified atom stereocenters. The van der Waals surface area contributed by atoms with E-state index >= 15 is 0 Å². The van der Waals surface area contributed by atoms with Gasteiger partial charge >= 0.3 is 5.97 Å². The van der Waals surface area contributed by atoms with Crippen LogP contribution in [-0.2, 0) is 19.5 Å². The van der Waals surface area contributed by atoms with E-state index in [0.717, 1.165) is 5.39 Å². The molecule has 0 fully saturated rings. The zero-order chi connectivity index (χ0) is 10.1. The topological polar surface area (TPSA) is 37.3 Å². The minimum absolute atomic E-state index is 0. The van der Waals surface area contributed by atoms with Gasteiger partial charge in [0.2, 0.25) is 0 Å². The van der Waals surface area contributed by atoms with Crippen molar-refractivity contribution in [2.45, 2.75) is 0 Å². The predicted octanol–water partition coefficient (Wildman–Crippen LogP) is 3.19. The molecular formula is C11H7ClO2Zn. The van der Waals surface area contributed by atoms with Crippen LogP contribution < -0.4 is 0 Å². The summed E-state index contributed by atoms with van der Waals surface area (Å²) in [6.45, 7) is 0. The fraction of sp³-hybridized carbons (Fsp3) is 0. The minimum Gasteiger partial charge on any atom is -0.478 e. The van der Waals surface area contributed by atoms with Gasteiger partial charge in [-0.05, 0) is 17.5 Å². The van der Waals surface area contributed by atoms with Crippen molar-refractivity contribution in [2.75, 3.05) is 0 Å². The molecule has 4 heteroatoms. The number of carbonyl (C=O) groups is 1. The largest absolute Gasteiger partial charge is 0.478 e. The number of hydrogen-bond donors (Lipinski definition) is 1. The van der Waals surface area contributed by atoms with Crippen molar-refractivity contribution in [3.63, 3.8) is 0 Å². The first-order chi connectivity index (χ1) is 6.70. The molecule has 0 bridgehead atoms. The van der Waals surface area contributed by atoms with Crippen LogP contribution in [0.3, 0.4) is 0 Å². The van der Waals surface area contributed by atoms with Gasteiger partial charge in [-0.15, -0.1) is 0 Å². The summed E-state index contributed by atoms with van der Waals surface area (Å²) in [6, 6.07) is 10.4. The first kappa shape index (κ1) is 12.2. The van der Waals surface area contributed by atoms with Gasteiger partial charge in [-0.3, -0.25) is 0 Å². The molecule has 2 aromatic rings. The van der Waals surface area contributed by atoms with Crippen molar-refractivity contribution in [1.82, 2.24) is 0 Å². The third kappa shape index (κ3) is 2.19. The zero-order valence-corrected chi connectivity index (χ0v) is 11.6. The zero-order valence-electron chi connectivity index (χ0n) is 7.90. The number of hydrogen-bond acceptors (Lipinski definition) is 1. The van der Waals surface area contributed by atoms with Crippen molar-refractivity contribution in [3.8, 4) is 0 Å². The molecule has 2 nitrogen and oxygen atoms in total. The Morgan fingerprint density at radius 1 is 1.13 bits per heavy atom. The van der Waals surface area contributed by atoms with E-state index in [0.29, 0.717) is 10.4 Å². The van der Waals surface area contributed by atoms with Crippen LogP contribution in [0.2, 0.25) is 5.02 Å². The van der Waals surface area contributed by atoms with E-state index in [2.05, 4.69) is 0 Å². The molecule has 72 valence electrons. The Balaban J connectivity index is 0.00000112. The third-order valence-electron chi connectivity index (χ3n) is 2.08. The smallest absolute Gasteiger partial charge is 0.336 e. The number of aromatic carboxylic acids is 1. The van der Waals surface area contributed by atoms with Crippen molar-refractivity contribution in [2.24, 2.45) is 0 Å². The van der Waals surface area contributed by atoms with Gasteiger partial charge in [-0.25, -0.2) is 4.79 Å². The molecular weight excluding hydrogens is 265 g/mol. The predicted molar refractivity (Wildman–Crippen MR) is 55.9 cm³/mol. The second kappa shape index (κ2) is 4.74. The maximum Gasteiger partial charge on any atom is 0.336 e. The molecule has 0 spiro atoms. The minimum atomic E-state index is -0.955. The molecule has 0 radical (unpaired) electrons. The molecule has 0 saturated heterocycles. The fourth-order valence-electron chi connectivity index (χ4n) is 1.47. The Morgan fingerprint density at radius 2 is 1.73 bits per heavy atom. The maximum atomic E-state index is 10.9. The average Bonchev–Trinajstić information content (AvgIpc) is 2.17. The molecule has 2 rings (SSSR count). The number of benzene rings is 2. The second-order valence-corrected chi connectivity index (χ2v) is 3.36. The summed E-state index contributed by atoms with van der Waals surface area (Å²) in [6.07, 6.45) is 0. The van der Waals surface area contributed by atoms with Gasteiger partial charge in [0.1, 0.15) is 0 Å².